The Balaban J connectivity index is 1.65. The van der Waals surface area contributed by atoms with Crippen LogP contribution in [0.25, 0.3) is 11.1 Å². The number of rotatable bonds is 6. The maximum Gasteiger partial charge on any atom is 0.439 e. The fourth-order valence-electron chi connectivity index (χ4n) is 3.03. The third-order valence-electron chi connectivity index (χ3n) is 4.52. The van der Waals surface area contributed by atoms with Crippen LogP contribution in [-0.2, 0) is 6.18 Å². The minimum atomic E-state index is -4.59. The highest BCUT2D eigenvalue weighted by Gasteiger charge is 2.34. The van der Waals surface area contributed by atoms with Gasteiger partial charge in [0.2, 0.25) is 5.95 Å². The van der Waals surface area contributed by atoms with Crippen molar-refractivity contribution < 1.29 is 22.3 Å². The van der Waals surface area contributed by atoms with Gasteiger partial charge in [-0.2, -0.15) is 22.8 Å². The first-order valence-corrected chi connectivity index (χ1v) is 9.58. The van der Waals surface area contributed by atoms with Gasteiger partial charge < -0.3 is 14.5 Å². The molecule has 2 N–H and O–H groups in total. The summed E-state index contributed by atoms with van der Waals surface area (Å²) in [4.78, 5) is 20.6. The highest BCUT2D eigenvalue weighted by atomic mass is 19.4. The van der Waals surface area contributed by atoms with E-state index in [2.05, 4.69) is 20.7 Å². The van der Waals surface area contributed by atoms with Crippen molar-refractivity contribution >= 4 is 28.6 Å². The van der Waals surface area contributed by atoms with Crippen LogP contribution in [0, 0.1) is 6.92 Å². The number of benzene rings is 2. The van der Waals surface area contributed by atoms with Crippen molar-refractivity contribution in [1.29, 1.82) is 0 Å². The molecule has 32 heavy (non-hydrogen) atoms. The van der Waals surface area contributed by atoms with Crippen LogP contribution in [0.3, 0.4) is 0 Å². The van der Waals surface area contributed by atoms with Crippen LogP contribution in [-0.4, -0.2) is 21.3 Å². The maximum atomic E-state index is 13.4. The second-order valence-corrected chi connectivity index (χ2v) is 6.77. The van der Waals surface area contributed by atoms with E-state index in [0.717, 1.165) is 6.07 Å². The van der Waals surface area contributed by atoms with E-state index in [1.807, 2.05) is 0 Å². The number of hydrogen-bond donors (Lipinski definition) is 2. The molecule has 0 aliphatic heterocycles. The Kier molecular flexibility index (Phi) is 5.47. The van der Waals surface area contributed by atoms with Crippen LogP contribution < -0.4 is 21.2 Å². The van der Waals surface area contributed by atoms with Crippen LogP contribution >= 0.6 is 0 Å². The maximum absolute atomic E-state index is 13.4. The largest absolute Gasteiger partial charge is 0.493 e. The summed E-state index contributed by atoms with van der Waals surface area (Å²) in [7, 11) is 0. The summed E-state index contributed by atoms with van der Waals surface area (Å²) in [5.41, 5.74) is 3.59. The number of anilines is 3. The summed E-state index contributed by atoms with van der Waals surface area (Å²) in [6, 6.07) is 10.4. The molecule has 0 atom stereocenters. The van der Waals surface area contributed by atoms with Crippen molar-refractivity contribution in [3.8, 4) is 5.75 Å². The van der Waals surface area contributed by atoms with Crippen LogP contribution in [0.2, 0.25) is 0 Å². The Labute approximate surface area is 179 Å². The zero-order valence-corrected chi connectivity index (χ0v) is 17.0. The topological polar surface area (TPSA) is 94.2 Å². The van der Waals surface area contributed by atoms with Gasteiger partial charge in [-0.05, 0) is 44.2 Å². The summed E-state index contributed by atoms with van der Waals surface area (Å²) in [6.45, 7) is 3.43. The highest BCUT2D eigenvalue weighted by Crippen LogP contribution is 2.38. The number of halogens is 3. The zero-order chi connectivity index (χ0) is 22.9. The lowest BCUT2D eigenvalue weighted by Gasteiger charge is -2.15. The van der Waals surface area contributed by atoms with E-state index in [1.165, 1.54) is 23.0 Å². The number of ether oxygens (including phenoxy) is 1. The van der Waals surface area contributed by atoms with Gasteiger partial charge in [-0.25, -0.2) is 9.78 Å². The third kappa shape index (κ3) is 4.22. The van der Waals surface area contributed by atoms with Gasteiger partial charge in [-0.3, -0.25) is 5.43 Å². The number of nitrogens with one attached hydrogen (secondary N) is 2. The molecule has 0 radical (unpaired) electrons. The molecule has 4 aromatic rings. The number of para-hydroxylation sites is 2. The second kappa shape index (κ2) is 8.25. The van der Waals surface area contributed by atoms with Gasteiger partial charge in [0.1, 0.15) is 11.3 Å². The van der Waals surface area contributed by atoms with Gasteiger partial charge >= 0.3 is 11.9 Å². The Morgan fingerprint density at radius 1 is 1.19 bits per heavy atom. The Morgan fingerprint density at radius 2 is 1.97 bits per heavy atom. The van der Waals surface area contributed by atoms with Crippen LogP contribution in [0.5, 0.6) is 5.75 Å². The molecule has 2 aromatic carbocycles. The van der Waals surface area contributed by atoms with E-state index in [9.17, 15) is 18.0 Å². The minimum Gasteiger partial charge on any atom is -0.493 e. The first-order valence-electron chi connectivity index (χ1n) is 9.58. The monoisotopic (exact) mass is 445 g/mol. The molecule has 0 saturated heterocycles. The number of nitrogens with zero attached hydrogens (tertiary/aromatic N) is 3. The molecular formula is C21H18F3N5O3. The molecule has 0 aliphatic carbocycles. The number of hydrogen-bond acceptors (Lipinski definition) is 7. The molecule has 0 fully saturated rings. The van der Waals surface area contributed by atoms with E-state index in [1.54, 1.807) is 38.1 Å². The average Bonchev–Trinajstić information content (AvgIpc) is 3.06. The number of aromatic nitrogens is 3. The summed E-state index contributed by atoms with van der Waals surface area (Å²) < 4.78 is 51.6. The quantitative estimate of drug-likeness (QED) is 0.443. The van der Waals surface area contributed by atoms with Crippen molar-refractivity contribution in [2.75, 3.05) is 17.3 Å². The number of oxazole rings is 1. The van der Waals surface area contributed by atoms with Crippen molar-refractivity contribution in [2.45, 2.75) is 20.0 Å². The fraction of sp³-hybridized carbons (Fsp3) is 0.190. The van der Waals surface area contributed by atoms with Crippen LogP contribution in [0.1, 0.15) is 18.1 Å². The molecule has 0 spiro atoms. The van der Waals surface area contributed by atoms with Gasteiger partial charge in [-0.1, -0.05) is 12.1 Å². The van der Waals surface area contributed by atoms with Gasteiger partial charge in [-0.15, -0.1) is 0 Å². The molecule has 0 aliphatic rings. The minimum absolute atomic E-state index is 0.0382. The first kappa shape index (κ1) is 21.2. The molecule has 4 rings (SSSR count). The van der Waals surface area contributed by atoms with E-state index < -0.39 is 17.5 Å². The molecule has 11 heteroatoms. The van der Waals surface area contributed by atoms with Crippen LogP contribution in [0.15, 0.2) is 57.9 Å². The molecule has 2 aromatic heterocycles. The smallest absolute Gasteiger partial charge is 0.439 e. The molecule has 0 bridgehead atoms. The summed E-state index contributed by atoms with van der Waals surface area (Å²) in [6.07, 6.45) is -3.11. The lowest BCUT2D eigenvalue weighted by Crippen LogP contribution is -2.23. The molecule has 0 amide bonds. The molecule has 8 nitrogen and oxygen atoms in total. The van der Waals surface area contributed by atoms with Crippen molar-refractivity contribution in [3.63, 3.8) is 0 Å². The third-order valence-corrected chi connectivity index (χ3v) is 4.52. The van der Waals surface area contributed by atoms with Gasteiger partial charge in [0.25, 0.3) is 0 Å². The van der Waals surface area contributed by atoms with E-state index >= 15 is 0 Å². The molecule has 0 saturated carbocycles. The number of aryl methyl sites for hydroxylation is 1. The van der Waals surface area contributed by atoms with Crippen molar-refractivity contribution in [3.05, 3.63) is 70.3 Å². The molecular weight excluding hydrogens is 427 g/mol. The zero-order valence-electron chi connectivity index (χ0n) is 17.0. The number of fused-ring (bicyclic) bond motifs is 1. The normalized spacial score (nSPS) is 11.5. The summed E-state index contributed by atoms with van der Waals surface area (Å²) >= 11 is 0. The highest BCUT2D eigenvalue weighted by molar-refractivity contribution is 5.73. The predicted molar refractivity (Wildman–Crippen MR) is 112 cm³/mol. The van der Waals surface area contributed by atoms with Gasteiger partial charge in [0.05, 0.1) is 12.2 Å². The summed E-state index contributed by atoms with van der Waals surface area (Å²) in [5, 5.41) is 2.76. The fourth-order valence-corrected chi connectivity index (χ4v) is 3.03. The van der Waals surface area contributed by atoms with E-state index in [-0.39, 0.29) is 29.8 Å². The number of alkyl halides is 3. The summed E-state index contributed by atoms with van der Waals surface area (Å²) in [5.74, 6) is -0.585. The van der Waals surface area contributed by atoms with Gasteiger partial charge in [0.15, 0.2) is 11.4 Å². The van der Waals surface area contributed by atoms with E-state index in [0.29, 0.717) is 16.7 Å². The van der Waals surface area contributed by atoms with Crippen LogP contribution in [0.4, 0.5) is 30.6 Å². The SMILES string of the molecule is CCOc1ccc(Nc2ncc(C)c(Nn3c(=O)oc4ccccc43)n2)cc1C(F)(F)F. The van der Waals surface area contributed by atoms with Gasteiger partial charge in [0, 0.05) is 17.4 Å². The Morgan fingerprint density at radius 3 is 2.72 bits per heavy atom. The lowest BCUT2D eigenvalue weighted by molar-refractivity contribution is -0.138. The lowest BCUT2D eigenvalue weighted by atomic mass is 10.1. The molecule has 0 unspecified atom stereocenters. The molecule has 166 valence electrons. The Hall–Kier alpha value is -4.02. The molecule has 2 heterocycles. The van der Waals surface area contributed by atoms with E-state index in [4.69, 9.17) is 9.15 Å². The standard InChI is InChI=1S/C21H18F3N5O3/c1-3-31-16-9-8-13(10-14(16)21(22,23)24)26-19-25-11-12(2)18(27-19)28-29-15-6-4-5-7-17(15)32-20(29)30/h4-11H,3H2,1-2H3,(H2,25,26,27,28). The van der Waals surface area contributed by atoms with Crippen molar-refractivity contribution in [1.82, 2.24) is 14.6 Å². The van der Waals surface area contributed by atoms with Crippen molar-refractivity contribution in [2.24, 2.45) is 0 Å². The predicted octanol–water partition coefficient (Wildman–Crippen LogP) is 4.73. The Bertz CT molecular complexity index is 1330. The first-order chi connectivity index (χ1) is 15.3. The second-order valence-electron chi connectivity index (χ2n) is 6.77. The average molecular weight is 445 g/mol.